The molecule has 0 heterocycles. The van der Waals surface area contributed by atoms with Crippen molar-refractivity contribution in [3.8, 4) is 0 Å². The average Bonchev–Trinajstić information content (AvgIpc) is 2.64. The van der Waals surface area contributed by atoms with Crippen molar-refractivity contribution >= 4 is 24.0 Å². The molecule has 4 amide bonds. The van der Waals surface area contributed by atoms with E-state index < -0.39 is 12.2 Å². The van der Waals surface area contributed by atoms with Gasteiger partial charge in [0.15, 0.2) is 0 Å². The summed E-state index contributed by atoms with van der Waals surface area (Å²) in [6, 6.07) is 0. The average molecular weight is 374 g/mol. The highest BCUT2D eigenvalue weighted by Crippen LogP contribution is 1.92. The fourth-order valence-corrected chi connectivity index (χ4v) is 1.88. The van der Waals surface area contributed by atoms with E-state index in [1.807, 2.05) is 0 Å². The predicted molar refractivity (Wildman–Crippen MR) is 94.5 cm³/mol. The van der Waals surface area contributed by atoms with Gasteiger partial charge in [-0.15, -0.1) is 0 Å². The van der Waals surface area contributed by atoms with Crippen molar-refractivity contribution in [1.29, 1.82) is 0 Å². The van der Waals surface area contributed by atoms with Crippen LogP contribution in [0.4, 0.5) is 9.59 Å². The van der Waals surface area contributed by atoms with Crippen molar-refractivity contribution in [2.45, 2.75) is 38.5 Å². The smallest absolute Gasteiger partial charge is 0.406 e. The van der Waals surface area contributed by atoms with Crippen LogP contribution in [-0.4, -0.2) is 64.4 Å². The molecule has 0 bridgehead atoms. The Morgan fingerprint density at radius 1 is 0.577 bits per heavy atom. The number of carbonyl (C=O) groups excluding carboxylic acids is 4. The Labute approximate surface area is 153 Å². The number of hydrogen-bond donors (Lipinski definition) is 4. The highest BCUT2D eigenvalue weighted by Gasteiger charge is 2.06. The van der Waals surface area contributed by atoms with E-state index in [1.165, 1.54) is 14.2 Å². The molecule has 0 fully saturated rings. The summed E-state index contributed by atoms with van der Waals surface area (Å²) in [4.78, 5) is 44.8. The lowest BCUT2D eigenvalue weighted by atomic mass is 10.2. The molecule has 0 spiro atoms. The molecule has 0 aliphatic carbocycles. The molecule has 26 heavy (non-hydrogen) atoms. The molecule has 0 aromatic carbocycles. The molecule has 10 nitrogen and oxygen atoms in total. The van der Waals surface area contributed by atoms with E-state index in [0.717, 1.165) is 25.7 Å². The Kier molecular flexibility index (Phi) is 14.4. The lowest BCUT2D eigenvalue weighted by Gasteiger charge is -2.07. The van der Waals surface area contributed by atoms with Gasteiger partial charge in [-0.2, -0.15) is 0 Å². The highest BCUT2D eigenvalue weighted by atomic mass is 16.5. The van der Waals surface area contributed by atoms with Crippen LogP contribution < -0.4 is 21.3 Å². The van der Waals surface area contributed by atoms with Crippen LogP contribution in [0.25, 0.3) is 0 Å². The van der Waals surface area contributed by atoms with E-state index in [0.29, 0.717) is 26.2 Å². The molecule has 0 saturated carbocycles. The number of hydrogen-bond acceptors (Lipinski definition) is 6. The van der Waals surface area contributed by atoms with Crippen LogP contribution in [0.2, 0.25) is 0 Å². The van der Waals surface area contributed by atoms with Crippen LogP contribution in [0.15, 0.2) is 0 Å². The molecule has 0 aliphatic heterocycles. The number of methoxy groups -OCH3 is 2. The normalized spacial score (nSPS) is 9.77. The van der Waals surface area contributed by atoms with Crippen molar-refractivity contribution in [3.63, 3.8) is 0 Å². The maximum absolute atomic E-state index is 11.6. The van der Waals surface area contributed by atoms with E-state index >= 15 is 0 Å². The Morgan fingerprint density at radius 2 is 0.885 bits per heavy atom. The monoisotopic (exact) mass is 374 g/mol. The summed E-state index contributed by atoms with van der Waals surface area (Å²) in [5.41, 5.74) is 0. The van der Waals surface area contributed by atoms with E-state index in [1.54, 1.807) is 0 Å². The third-order valence-corrected chi connectivity index (χ3v) is 3.34. The third kappa shape index (κ3) is 15.0. The number of amides is 4. The minimum Gasteiger partial charge on any atom is -0.453 e. The zero-order valence-electron chi connectivity index (χ0n) is 15.5. The number of unbranched alkanes of at least 4 members (excludes halogenated alkanes) is 2. The van der Waals surface area contributed by atoms with Crippen molar-refractivity contribution in [2.75, 3.05) is 40.4 Å². The van der Waals surface area contributed by atoms with Crippen molar-refractivity contribution in [3.05, 3.63) is 0 Å². The summed E-state index contributed by atoms with van der Waals surface area (Å²) >= 11 is 0. The van der Waals surface area contributed by atoms with Crippen molar-refractivity contribution in [2.24, 2.45) is 0 Å². The van der Waals surface area contributed by atoms with Crippen LogP contribution in [0, 0.1) is 0 Å². The Morgan fingerprint density at radius 3 is 1.19 bits per heavy atom. The first kappa shape index (κ1) is 23.5. The van der Waals surface area contributed by atoms with Gasteiger partial charge in [0, 0.05) is 39.0 Å². The lowest BCUT2D eigenvalue weighted by molar-refractivity contribution is -0.126. The first-order chi connectivity index (χ1) is 12.5. The first-order valence-electron chi connectivity index (χ1n) is 8.66. The summed E-state index contributed by atoms with van der Waals surface area (Å²) in [6.07, 6.45) is 2.22. The SMILES string of the molecule is COC(=O)NCCCCNC(=O)CCC(=O)NCCCCNC(=O)OC. The zero-order chi connectivity index (χ0) is 19.6. The second kappa shape index (κ2) is 16.0. The van der Waals surface area contributed by atoms with Gasteiger partial charge in [0.25, 0.3) is 0 Å². The fourth-order valence-electron chi connectivity index (χ4n) is 1.88. The molecule has 0 rings (SSSR count). The van der Waals surface area contributed by atoms with E-state index in [2.05, 4.69) is 30.7 Å². The minimum atomic E-state index is -0.472. The molecule has 0 radical (unpaired) electrons. The maximum Gasteiger partial charge on any atom is 0.406 e. The summed E-state index contributed by atoms with van der Waals surface area (Å²) in [6.45, 7) is 1.97. The number of carbonyl (C=O) groups is 4. The quantitative estimate of drug-likeness (QED) is 0.342. The van der Waals surface area contributed by atoms with Gasteiger partial charge in [-0.3, -0.25) is 9.59 Å². The van der Waals surface area contributed by atoms with E-state index in [-0.39, 0.29) is 24.7 Å². The molecule has 10 heteroatoms. The Balaban J connectivity index is 3.46. The fraction of sp³-hybridized carbons (Fsp3) is 0.750. The first-order valence-corrected chi connectivity index (χ1v) is 8.66. The maximum atomic E-state index is 11.6. The highest BCUT2D eigenvalue weighted by molar-refractivity contribution is 5.83. The molecular weight excluding hydrogens is 344 g/mol. The second-order valence-electron chi connectivity index (χ2n) is 5.45. The summed E-state index contributed by atoms with van der Waals surface area (Å²) in [7, 11) is 2.60. The Bertz CT molecular complexity index is 404. The molecule has 4 N–H and O–H groups in total. The third-order valence-electron chi connectivity index (χ3n) is 3.34. The number of rotatable bonds is 13. The second-order valence-corrected chi connectivity index (χ2v) is 5.45. The van der Waals surface area contributed by atoms with Crippen LogP contribution in [0.3, 0.4) is 0 Å². The number of nitrogens with one attached hydrogen (secondary N) is 4. The topological polar surface area (TPSA) is 135 Å². The lowest BCUT2D eigenvalue weighted by Crippen LogP contribution is -2.30. The molecular formula is C16H30N4O6. The predicted octanol–water partition coefficient (Wildman–Crippen LogP) is 0.271. The molecule has 0 aromatic rings. The molecule has 0 unspecified atom stereocenters. The molecule has 0 aromatic heterocycles. The van der Waals surface area contributed by atoms with Gasteiger partial charge in [-0.25, -0.2) is 9.59 Å². The van der Waals surface area contributed by atoms with E-state index in [9.17, 15) is 19.2 Å². The summed E-state index contributed by atoms with van der Waals surface area (Å²) < 4.78 is 8.86. The van der Waals surface area contributed by atoms with Gasteiger partial charge in [-0.1, -0.05) is 0 Å². The van der Waals surface area contributed by atoms with Crippen molar-refractivity contribution < 1.29 is 28.7 Å². The largest absolute Gasteiger partial charge is 0.453 e. The standard InChI is InChI=1S/C16H30N4O6/c1-25-15(23)19-11-5-3-9-17-13(21)7-8-14(22)18-10-4-6-12-20-16(24)26-2/h3-12H2,1-2H3,(H,17,21)(H,18,22)(H,19,23)(H,20,24). The van der Waals surface area contributed by atoms with Crippen LogP contribution in [-0.2, 0) is 19.1 Å². The summed E-state index contributed by atoms with van der Waals surface area (Å²) in [5, 5.41) is 10.5. The van der Waals surface area contributed by atoms with Crippen molar-refractivity contribution in [1.82, 2.24) is 21.3 Å². The van der Waals surface area contributed by atoms with Crippen LogP contribution in [0.5, 0.6) is 0 Å². The van der Waals surface area contributed by atoms with Gasteiger partial charge < -0.3 is 30.7 Å². The van der Waals surface area contributed by atoms with E-state index in [4.69, 9.17) is 0 Å². The minimum absolute atomic E-state index is 0.135. The van der Waals surface area contributed by atoms with Gasteiger partial charge in [0.2, 0.25) is 11.8 Å². The van der Waals surface area contributed by atoms with Crippen LogP contribution in [0.1, 0.15) is 38.5 Å². The molecule has 0 aliphatic rings. The molecule has 0 saturated heterocycles. The molecule has 150 valence electrons. The summed E-state index contributed by atoms with van der Waals surface area (Å²) in [5.74, 6) is -0.355. The van der Waals surface area contributed by atoms with Crippen LogP contribution >= 0.6 is 0 Å². The van der Waals surface area contributed by atoms with Gasteiger partial charge >= 0.3 is 12.2 Å². The van der Waals surface area contributed by atoms with Gasteiger partial charge in [0.1, 0.15) is 0 Å². The molecule has 0 atom stereocenters. The Hall–Kier alpha value is -2.52. The number of ether oxygens (including phenoxy) is 2. The number of alkyl carbamates (subject to hydrolysis) is 2. The zero-order valence-corrected chi connectivity index (χ0v) is 15.5. The van der Waals surface area contributed by atoms with Gasteiger partial charge in [-0.05, 0) is 25.7 Å². The van der Waals surface area contributed by atoms with Gasteiger partial charge in [0.05, 0.1) is 14.2 Å².